The molecule has 2 amide bonds. The van der Waals surface area contributed by atoms with Gasteiger partial charge in [-0.3, -0.25) is 9.59 Å². The molecule has 5 rings (SSSR count). The first-order chi connectivity index (χ1) is 15.0. The first kappa shape index (κ1) is 18.9. The zero-order chi connectivity index (χ0) is 21.5. The number of ether oxygens (including phenoxy) is 1. The average molecular weight is 416 g/mol. The highest BCUT2D eigenvalue weighted by molar-refractivity contribution is 6.07. The van der Waals surface area contributed by atoms with Crippen LogP contribution in [0.25, 0.3) is 10.9 Å². The van der Waals surface area contributed by atoms with Crippen LogP contribution in [0.15, 0.2) is 53.2 Å². The van der Waals surface area contributed by atoms with Crippen LogP contribution in [-0.4, -0.2) is 28.6 Å². The molecule has 1 aliphatic heterocycles. The van der Waals surface area contributed by atoms with E-state index in [1.54, 1.807) is 35.2 Å². The number of hydrogen-bond donors (Lipinski definition) is 2. The van der Waals surface area contributed by atoms with Crippen LogP contribution in [0.2, 0.25) is 0 Å². The molecule has 0 saturated heterocycles. The molecule has 0 radical (unpaired) electrons. The van der Waals surface area contributed by atoms with Crippen LogP contribution in [-0.2, 0) is 11.3 Å². The highest BCUT2D eigenvalue weighted by Gasteiger charge is 2.28. The number of carbonyl (C=O) groups is 2. The summed E-state index contributed by atoms with van der Waals surface area (Å²) in [5, 5.41) is 7.91. The number of nitrogens with zero attached hydrogens (tertiary/aromatic N) is 2. The third kappa shape index (κ3) is 3.42. The maximum absolute atomic E-state index is 12.8. The van der Waals surface area contributed by atoms with Crippen LogP contribution in [0.5, 0.6) is 5.75 Å². The Balaban J connectivity index is 1.43. The zero-order valence-electron chi connectivity index (χ0n) is 17.1. The van der Waals surface area contributed by atoms with Crippen molar-refractivity contribution >= 4 is 34.1 Å². The van der Waals surface area contributed by atoms with Crippen molar-refractivity contribution < 1.29 is 18.8 Å². The van der Waals surface area contributed by atoms with E-state index < -0.39 is 0 Å². The summed E-state index contributed by atoms with van der Waals surface area (Å²) in [6.07, 6.45) is 1.83. The Kier molecular flexibility index (Phi) is 4.47. The Hall–Kier alpha value is -4.07. The second-order valence-electron chi connectivity index (χ2n) is 7.49. The van der Waals surface area contributed by atoms with Crippen molar-refractivity contribution in [3.8, 4) is 5.75 Å². The van der Waals surface area contributed by atoms with Gasteiger partial charge in [-0.1, -0.05) is 11.2 Å². The molecule has 0 saturated carbocycles. The summed E-state index contributed by atoms with van der Waals surface area (Å²) in [4.78, 5) is 30.1. The molecule has 0 bridgehead atoms. The van der Waals surface area contributed by atoms with E-state index in [4.69, 9.17) is 9.26 Å². The van der Waals surface area contributed by atoms with E-state index in [-0.39, 0.29) is 18.4 Å². The summed E-state index contributed by atoms with van der Waals surface area (Å²) in [5.41, 5.74) is 4.18. The van der Waals surface area contributed by atoms with Gasteiger partial charge in [0, 0.05) is 28.5 Å². The maximum atomic E-state index is 12.8. The van der Waals surface area contributed by atoms with Gasteiger partial charge < -0.3 is 24.5 Å². The van der Waals surface area contributed by atoms with Crippen molar-refractivity contribution in [2.45, 2.75) is 20.4 Å². The quantitative estimate of drug-likeness (QED) is 0.525. The van der Waals surface area contributed by atoms with Gasteiger partial charge in [0.25, 0.3) is 11.8 Å². The summed E-state index contributed by atoms with van der Waals surface area (Å²) >= 11 is 0. The summed E-state index contributed by atoms with van der Waals surface area (Å²) in [6, 6.07) is 12.7. The molecular formula is C23H20N4O4. The molecule has 0 fully saturated rings. The Morgan fingerprint density at radius 3 is 2.87 bits per heavy atom. The fourth-order valence-electron chi connectivity index (χ4n) is 3.73. The van der Waals surface area contributed by atoms with Crippen LogP contribution >= 0.6 is 0 Å². The Bertz CT molecular complexity index is 1300. The van der Waals surface area contributed by atoms with E-state index in [0.717, 1.165) is 22.2 Å². The number of hydrogen-bond acceptors (Lipinski definition) is 5. The highest BCUT2D eigenvalue weighted by Crippen LogP contribution is 2.36. The lowest BCUT2D eigenvalue weighted by atomic mass is 10.1. The molecule has 0 atom stereocenters. The number of nitrogens with one attached hydrogen (secondary N) is 2. The lowest BCUT2D eigenvalue weighted by Crippen LogP contribution is -2.38. The predicted octanol–water partition coefficient (Wildman–Crippen LogP) is 3.95. The van der Waals surface area contributed by atoms with Gasteiger partial charge in [0.05, 0.1) is 17.9 Å². The molecule has 2 aromatic heterocycles. The van der Waals surface area contributed by atoms with E-state index in [0.29, 0.717) is 35.0 Å². The van der Waals surface area contributed by atoms with E-state index >= 15 is 0 Å². The van der Waals surface area contributed by atoms with E-state index in [2.05, 4.69) is 15.5 Å². The molecule has 8 heteroatoms. The summed E-state index contributed by atoms with van der Waals surface area (Å²) in [7, 11) is 0. The summed E-state index contributed by atoms with van der Waals surface area (Å²) in [6.45, 7) is 3.93. The molecule has 156 valence electrons. The number of benzene rings is 2. The van der Waals surface area contributed by atoms with Crippen molar-refractivity contribution in [3.05, 3.63) is 71.2 Å². The molecule has 0 unspecified atom stereocenters. The van der Waals surface area contributed by atoms with E-state index in [9.17, 15) is 9.59 Å². The number of fused-ring (bicyclic) bond motifs is 2. The third-order valence-electron chi connectivity index (χ3n) is 5.47. The van der Waals surface area contributed by atoms with Crippen molar-refractivity contribution in [1.82, 2.24) is 10.1 Å². The van der Waals surface area contributed by atoms with E-state index in [1.807, 2.05) is 32.2 Å². The molecule has 2 aromatic carbocycles. The lowest BCUT2D eigenvalue weighted by molar-refractivity contribution is -0.121. The van der Waals surface area contributed by atoms with E-state index in [1.165, 1.54) is 0 Å². The van der Waals surface area contributed by atoms with Crippen molar-refractivity contribution in [2.24, 2.45) is 0 Å². The molecule has 3 heterocycles. The predicted molar refractivity (Wildman–Crippen MR) is 115 cm³/mol. The third-order valence-corrected chi connectivity index (χ3v) is 5.47. The van der Waals surface area contributed by atoms with Crippen LogP contribution in [0.1, 0.15) is 27.4 Å². The fourth-order valence-corrected chi connectivity index (χ4v) is 3.73. The standard InChI is InChI=1S/C23H20N4O4/c1-13-18(14(2)31-26-13)11-27-20-10-17(5-6-21(20)30-12-22(27)28)25-23(29)16-4-3-15-7-8-24-19(15)9-16/h3-10,24H,11-12H2,1-2H3,(H,25,29). The maximum Gasteiger partial charge on any atom is 0.265 e. The molecule has 31 heavy (non-hydrogen) atoms. The first-order valence-electron chi connectivity index (χ1n) is 9.87. The zero-order valence-corrected chi connectivity index (χ0v) is 17.1. The number of aryl methyl sites for hydroxylation is 2. The normalized spacial score (nSPS) is 13.2. The minimum atomic E-state index is -0.239. The minimum Gasteiger partial charge on any atom is -0.482 e. The van der Waals surface area contributed by atoms with Crippen molar-refractivity contribution in [1.29, 1.82) is 0 Å². The Morgan fingerprint density at radius 1 is 1.19 bits per heavy atom. The summed E-state index contributed by atoms with van der Waals surface area (Å²) in [5.74, 6) is 0.838. The van der Waals surface area contributed by atoms with Gasteiger partial charge in [-0.05, 0) is 55.6 Å². The van der Waals surface area contributed by atoms with Crippen LogP contribution < -0.4 is 15.0 Å². The smallest absolute Gasteiger partial charge is 0.265 e. The Morgan fingerprint density at radius 2 is 2.06 bits per heavy atom. The topological polar surface area (TPSA) is 100 Å². The van der Waals surface area contributed by atoms with Gasteiger partial charge in [-0.15, -0.1) is 0 Å². The van der Waals surface area contributed by atoms with Crippen LogP contribution in [0.3, 0.4) is 0 Å². The molecule has 2 N–H and O–H groups in total. The number of H-pyrrole nitrogens is 1. The SMILES string of the molecule is Cc1noc(C)c1CN1C(=O)COc2ccc(NC(=O)c3ccc4cc[nH]c4c3)cc21. The fraction of sp³-hybridized carbons (Fsp3) is 0.174. The second kappa shape index (κ2) is 7.32. The van der Waals surface area contributed by atoms with Gasteiger partial charge in [-0.2, -0.15) is 0 Å². The average Bonchev–Trinajstić information content (AvgIpc) is 3.36. The number of anilines is 2. The van der Waals surface area contributed by atoms with Crippen molar-refractivity contribution in [2.75, 3.05) is 16.8 Å². The number of rotatable bonds is 4. The summed E-state index contributed by atoms with van der Waals surface area (Å²) < 4.78 is 10.8. The Labute approximate surface area is 177 Å². The monoisotopic (exact) mass is 416 g/mol. The molecular weight excluding hydrogens is 396 g/mol. The van der Waals surface area contributed by atoms with Gasteiger partial charge in [-0.25, -0.2) is 0 Å². The number of amides is 2. The first-order valence-corrected chi connectivity index (χ1v) is 9.87. The number of aromatic amines is 1. The minimum absolute atomic E-state index is 0.0434. The van der Waals surface area contributed by atoms with Crippen LogP contribution in [0.4, 0.5) is 11.4 Å². The largest absolute Gasteiger partial charge is 0.482 e. The molecule has 0 aliphatic carbocycles. The molecule has 0 spiro atoms. The molecule has 8 nitrogen and oxygen atoms in total. The van der Waals surface area contributed by atoms with Gasteiger partial charge in [0.1, 0.15) is 11.5 Å². The molecule has 4 aromatic rings. The molecule has 1 aliphatic rings. The van der Waals surface area contributed by atoms with Crippen LogP contribution in [0, 0.1) is 13.8 Å². The highest BCUT2D eigenvalue weighted by atomic mass is 16.5. The number of aromatic nitrogens is 2. The van der Waals surface area contributed by atoms with Gasteiger partial charge >= 0.3 is 0 Å². The number of carbonyl (C=O) groups excluding carboxylic acids is 2. The lowest BCUT2D eigenvalue weighted by Gasteiger charge is -2.29. The van der Waals surface area contributed by atoms with Crippen molar-refractivity contribution in [3.63, 3.8) is 0 Å². The van der Waals surface area contributed by atoms with Gasteiger partial charge in [0.15, 0.2) is 6.61 Å². The second-order valence-corrected chi connectivity index (χ2v) is 7.49. The van der Waals surface area contributed by atoms with Gasteiger partial charge in [0.2, 0.25) is 0 Å².